The number of hydrogen-bond acceptors (Lipinski definition) is 7. The highest BCUT2D eigenvalue weighted by Gasteiger charge is 2.08. The standard InChI is InChI=1S/C13H25N7O/c1-5-8-15-11-17-12(19-13(18-11)20(3)4)16-9-7-10(21)14-6-2/h5-9H2,1-4H3,(H,14,21)(H2,15,16,17,18,19). The molecule has 1 rings (SSSR count). The third kappa shape index (κ3) is 6.24. The zero-order chi connectivity index (χ0) is 15.7. The molecule has 1 aromatic rings. The van der Waals surface area contributed by atoms with Crippen LogP contribution in [0, 0.1) is 0 Å². The zero-order valence-corrected chi connectivity index (χ0v) is 13.2. The van der Waals surface area contributed by atoms with Crippen molar-refractivity contribution in [1.82, 2.24) is 20.3 Å². The molecule has 0 spiro atoms. The second-order valence-electron chi connectivity index (χ2n) is 4.73. The number of anilines is 3. The number of hydrogen-bond donors (Lipinski definition) is 3. The summed E-state index contributed by atoms with van der Waals surface area (Å²) < 4.78 is 0. The summed E-state index contributed by atoms with van der Waals surface area (Å²) in [5.74, 6) is 1.59. The Balaban J connectivity index is 2.66. The average Bonchev–Trinajstić information content (AvgIpc) is 2.45. The Morgan fingerprint density at radius 2 is 1.67 bits per heavy atom. The number of rotatable bonds is 9. The van der Waals surface area contributed by atoms with Crippen LogP contribution in [-0.4, -0.2) is 54.6 Å². The van der Waals surface area contributed by atoms with Crippen molar-refractivity contribution >= 4 is 23.8 Å². The fourth-order valence-corrected chi connectivity index (χ4v) is 1.53. The van der Waals surface area contributed by atoms with E-state index in [0.717, 1.165) is 13.0 Å². The van der Waals surface area contributed by atoms with Crippen LogP contribution in [0.1, 0.15) is 26.7 Å². The number of carbonyl (C=O) groups excluding carboxylic acids is 1. The quantitative estimate of drug-likeness (QED) is 0.617. The van der Waals surface area contributed by atoms with Gasteiger partial charge in [0.2, 0.25) is 23.8 Å². The van der Waals surface area contributed by atoms with Crippen LogP contribution in [0.5, 0.6) is 0 Å². The van der Waals surface area contributed by atoms with Crippen molar-refractivity contribution in [2.45, 2.75) is 26.7 Å². The molecule has 0 fully saturated rings. The van der Waals surface area contributed by atoms with Crippen LogP contribution in [0.15, 0.2) is 0 Å². The lowest BCUT2D eigenvalue weighted by Crippen LogP contribution is -2.25. The van der Waals surface area contributed by atoms with Crippen LogP contribution >= 0.6 is 0 Å². The number of carbonyl (C=O) groups is 1. The molecule has 8 nitrogen and oxygen atoms in total. The first kappa shape index (κ1) is 16.9. The third-order valence-corrected chi connectivity index (χ3v) is 2.57. The van der Waals surface area contributed by atoms with Crippen LogP contribution in [-0.2, 0) is 4.79 Å². The molecule has 118 valence electrons. The number of amides is 1. The van der Waals surface area contributed by atoms with Crippen molar-refractivity contribution < 1.29 is 4.79 Å². The van der Waals surface area contributed by atoms with E-state index in [2.05, 4.69) is 37.8 Å². The summed E-state index contributed by atoms with van der Waals surface area (Å²) in [4.78, 5) is 26.1. The fraction of sp³-hybridized carbons (Fsp3) is 0.692. The maximum Gasteiger partial charge on any atom is 0.231 e. The van der Waals surface area contributed by atoms with Gasteiger partial charge in [0.05, 0.1) is 0 Å². The van der Waals surface area contributed by atoms with Crippen molar-refractivity contribution in [2.24, 2.45) is 0 Å². The van der Waals surface area contributed by atoms with E-state index in [1.807, 2.05) is 25.9 Å². The van der Waals surface area contributed by atoms with Crippen LogP contribution in [0.3, 0.4) is 0 Å². The molecule has 1 heterocycles. The van der Waals surface area contributed by atoms with E-state index in [-0.39, 0.29) is 5.91 Å². The Morgan fingerprint density at radius 3 is 2.19 bits per heavy atom. The summed E-state index contributed by atoms with van der Waals surface area (Å²) in [6, 6.07) is 0. The minimum Gasteiger partial charge on any atom is -0.356 e. The lowest BCUT2D eigenvalue weighted by Gasteiger charge is -2.14. The molecule has 1 aromatic heterocycles. The van der Waals surface area contributed by atoms with Gasteiger partial charge in [0, 0.05) is 40.2 Å². The van der Waals surface area contributed by atoms with Gasteiger partial charge in [0.25, 0.3) is 0 Å². The zero-order valence-electron chi connectivity index (χ0n) is 13.2. The second kappa shape index (κ2) is 8.93. The van der Waals surface area contributed by atoms with Crippen LogP contribution < -0.4 is 20.9 Å². The molecule has 21 heavy (non-hydrogen) atoms. The topological polar surface area (TPSA) is 95.1 Å². The fourth-order valence-electron chi connectivity index (χ4n) is 1.53. The predicted molar refractivity (Wildman–Crippen MR) is 84.7 cm³/mol. The van der Waals surface area contributed by atoms with Crippen molar-refractivity contribution in [3.05, 3.63) is 0 Å². The molecule has 1 amide bonds. The van der Waals surface area contributed by atoms with E-state index in [1.54, 1.807) is 0 Å². The molecule has 3 N–H and O–H groups in total. The van der Waals surface area contributed by atoms with E-state index < -0.39 is 0 Å². The van der Waals surface area contributed by atoms with Gasteiger partial charge in [-0.15, -0.1) is 0 Å². The lowest BCUT2D eigenvalue weighted by atomic mass is 10.4. The maximum absolute atomic E-state index is 11.4. The molecule has 0 aliphatic carbocycles. The minimum absolute atomic E-state index is 0.0104. The van der Waals surface area contributed by atoms with Gasteiger partial charge in [-0.05, 0) is 13.3 Å². The first-order chi connectivity index (χ1) is 10.1. The Morgan fingerprint density at radius 1 is 1.05 bits per heavy atom. The van der Waals surface area contributed by atoms with Gasteiger partial charge in [-0.25, -0.2) is 0 Å². The molecule has 0 radical (unpaired) electrons. The SMILES string of the molecule is CCCNc1nc(NCCC(=O)NCC)nc(N(C)C)n1. The highest BCUT2D eigenvalue weighted by Crippen LogP contribution is 2.11. The minimum atomic E-state index is 0.0104. The highest BCUT2D eigenvalue weighted by molar-refractivity contribution is 5.76. The molecular weight excluding hydrogens is 270 g/mol. The molecule has 0 bridgehead atoms. The molecule has 0 saturated carbocycles. The molecule has 0 aliphatic heterocycles. The van der Waals surface area contributed by atoms with E-state index in [0.29, 0.717) is 37.4 Å². The van der Waals surface area contributed by atoms with Crippen molar-refractivity contribution in [2.75, 3.05) is 49.3 Å². The van der Waals surface area contributed by atoms with Gasteiger partial charge in [-0.3, -0.25) is 4.79 Å². The molecule has 8 heteroatoms. The van der Waals surface area contributed by atoms with Gasteiger partial charge in [-0.1, -0.05) is 6.92 Å². The Labute approximate surface area is 125 Å². The molecule has 0 aliphatic rings. The monoisotopic (exact) mass is 295 g/mol. The Hall–Kier alpha value is -2.12. The van der Waals surface area contributed by atoms with Gasteiger partial charge < -0.3 is 20.9 Å². The normalized spacial score (nSPS) is 10.1. The second-order valence-corrected chi connectivity index (χ2v) is 4.73. The van der Waals surface area contributed by atoms with Crippen molar-refractivity contribution in [1.29, 1.82) is 0 Å². The largest absolute Gasteiger partial charge is 0.356 e. The van der Waals surface area contributed by atoms with Crippen LogP contribution in [0.4, 0.5) is 17.8 Å². The Bertz CT molecular complexity index is 450. The summed E-state index contributed by atoms with van der Waals surface area (Å²) in [5, 5.41) is 8.95. The summed E-state index contributed by atoms with van der Waals surface area (Å²) in [7, 11) is 3.74. The number of nitrogens with zero attached hydrogens (tertiary/aromatic N) is 4. The van der Waals surface area contributed by atoms with Crippen LogP contribution in [0.25, 0.3) is 0 Å². The van der Waals surface area contributed by atoms with E-state index in [1.165, 1.54) is 0 Å². The smallest absolute Gasteiger partial charge is 0.231 e. The maximum atomic E-state index is 11.4. The van der Waals surface area contributed by atoms with Crippen molar-refractivity contribution in [3.63, 3.8) is 0 Å². The number of aromatic nitrogens is 3. The summed E-state index contributed by atoms with van der Waals surface area (Å²) in [6.45, 7) is 5.89. The molecule has 0 aromatic carbocycles. The van der Waals surface area contributed by atoms with Gasteiger partial charge in [-0.2, -0.15) is 15.0 Å². The molecule has 0 atom stereocenters. The number of nitrogens with one attached hydrogen (secondary N) is 3. The third-order valence-electron chi connectivity index (χ3n) is 2.57. The summed E-state index contributed by atoms with van der Waals surface area (Å²) in [6.07, 6.45) is 1.37. The lowest BCUT2D eigenvalue weighted by molar-refractivity contribution is -0.120. The first-order valence-electron chi connectivity index (χ1n) is 7.24. The van der Waals surface area contributed by atoms with E-state index in [9.17, 15) is 4.79 Å². The van der Waals surface area contributed by atoms with Gasteiger partial charge in [0.15, 0.2) is 0 Å². The summed E-state index contributed by atoms with van der Waals surface area (Å²) in [5.41, 5.74) is 0. The first-order valence-corrected chi connectivity index (χ1v) is 7.24. The Kier molecular flexibility index (Phi) is 7.20. The molecular formula is C13H25N7O. The average molecular weight is 295 g/mol. The molecule has 0 unspecified atom stereocenters. The predicted octanol–water partition coefficient (Wildman–Crippen LogP) is 0.698. The van der Waals surface area contributed by atoms with Gasteiger partial charge >= 0.3 is 0 Å². The van der Waals surface area contributed by atoms with Crippen molar-refractivity contribution in [3.8, 4) is 0 Å². The van der Waals surface area contributed by atoms with Crippen LogP contribution in [0.2, 0.25) is 0 Å². The summed E-state index contributed by atoms with van der Waals surface area (Å²) >= 11 is 0. The highest BCUT2D eigenvalue weighted by atomic mass is 16.1. The molecule has 0 saturated heterocycles. The van der Waals surface area contributed by atoms with Gasteiger partial charge in [0.1, 0.15) is 0 Å². The van der Waals surface area contributed by atoms with E-state index in [4.69, 9.17) is 0 Å². The van der Waals surface area contributed by atoms with E-state index >= 15 is 0 Å².